The Bertz CT molecular complexity index is 577. The van der Waals surface area contributed by atoms with Crippen molar-refractivity contribution in [1.82, 2.24) is 0 Å². The number of hydrogen-bond acceptors (Lipinski definition) is 3. The Hall–Kier alpha value is -0.960. The van der Waals surface area contributed by atoms with E-state index in [1.165, 1.54) is 0 Å². The lowest BCUT2D eigenvalue weighted by atomic mass is 10.2. The molecule has 0 aliphatic carbocycles. The molecule has 0 saturated heterocycles. The summed E-state index contributed by atoms with van der Waals surface area (Å²) in [6, 6.07) is 15.4. The van der Waals surface area contributed by atoms with Crippen LogP contribution in [0.15, 0.2) is 48.5 Å². The fourth-order valence-corrected chi connectivity index (χ4v) is 3.54. The van der Waals surface area contributed by atoms with Crippen molar-refractivity contribution in [2.24, 2.45) is 0 Å². The zero-order chi connectivity index (χ0) is 13.9. The Morgan fingerprint density at radius 2 is 1.21 bits per heavy atom. The molecule has 2 nitrogen and oxygen atoms in total. The highest BCUT2D eigenvalue weighted by Crippen LogP contribution is 2.53. The molecule has 0 spiro atoms. The van der Waals surface area contributed by atoms with Gasteiger partial charge in [-0.2, -0.15) is 0 Å². The number of thiol groups is 1. The third kappa shape index (κ3) is 4.00. The number of rotatable bonds is 4. The Balaban J connectivity index is 2.18. The maximum atomic E-state index is 5.76. The van der Waals surface area contributed by atoms with Crippen LogP contribution in [-0.2, 0) is 11.8 Å². The molecule has 2 aromatic rings. The molecule has 0 aromatic heterocycles. The quantitative estimate of drug-likeness (QED) is 0.639. The normalized spacial score (nSPS) is 11.1. The Morgan fingerprint density at radius 1 is 0.842 bits per heavy atom. The number of para-hydroxylation sites is 2. The predicted octanol–water partition coefficient (Wildman–Crippen LogP) is 4.92. The molecular formula is C14H15O2PS2. The van der Waals surface area contributed by atoms with Gasteiger partial charge in [-0.3, -0.25) is 0 Å². The van der Waals surface area contributed by atoms with Crippen LogP contribution in [0.2, 0.25) is 0 Å². The van der Waals surface area contributed by atoms with Crippen LogP contribution in [0.3, 0.4) is 0 Å². The summed E-state index contributed by atoms with van der Waals surface area (Å²) in [4.78, 5) is 0. The lowest BCUT2D eigenvalue weighted by molar-refractivity contribution is 0.502. The smallest absolute Gasteiger partial charge is 0.345 e. The fourth-order valence-electron chi connectivity index (χ4n) is 1.58. The van der Waals surface area contributed by atoms with Crippen LogP contribution in [0.25, 0.3) is 0 Å². The molecule has 0 atom stereocenters. The predicted molar refractivity (Wildman–Crippen MR) is 86.9 cm³/mol. The summed E-state index contributed by atoms with van der Waals surface area (Å²) < 4.78 is 11.5. The third-order valence-corrected chi connectivity index (χ3v) is 4.41. The first-order valence-electron chi connectivity index (χ1n) is 5.81. The van der Waals surface area contributed by atoms with Crippen molar-refractivity contribution >= 4 is 29.7 Å². The van der Waals surface area contributed by atoms with Crippen molar-refractivity contribution in [2.45, 2.75) is 13.8 Å². The van der Waals surface area contributed by atoms with Crippen LogP contribution in [0.4, 0.5) is 0 Å². The molecule has 0 unspecified atom stereocenters. The zero-order valence-electron chi connectivity index (χ0n) is 10.7. The molecule has 0 saturated carbocycles. The monoisotopic (exact) mass is 310 g/mol. The van der Waals surface area contributed by atoms with Crippen molar-refractivity contribution in [1.29, 1.82) is 0 Å². The highest BCUT2D eigenvalue weighted by molar-refractivity contribution is 8.60. The molecule has 0 amide bonds. The van der Waals surface area contributed by atoms with Crippen molar-refractivity contribution in [3.05, 3.63) is 59.7 Å². The van der Waals surface area contributed by atoms with Gasteiger partial charge in [0.05, 0.1) is 0 Å². The molecular weight excluding hydrogens is 295 g/mol. The molecule has 0 radical (unpaired) electrons. The average Bonchev–Trinajstić information content (AvgIpc) is 2.35. The van der Waals surface area contributed by atoms with Gasteiger partial charge in [0, 0.05) is 0 Å². The number of benzene rings is 2. The second-order valence-electron chi connectivity index (χ2n) is 4.18. The molecule has 5 heteroatoms. The van der Waals surface area contributed by atoms with Crippen molar-refractivity contribution in [2.75, 3.05) is 0 Å². The van der Waals surface area contributed by atoms with E-state index in [-0.39, 0.29) is 0 Å². The van der Waals surface area contributed by atoms with Gasteiger partial charge in [0.15, 0.2) is 0 Å². The van der Waals surface area contributed by atoms with Gasteiger partial charge in [-0.15, -0.1) is 0 Å². The first kappa shape index (κ1) is 14.4. The van der Waals surface area contributed by atoms with Crippen molar-refractivity contribution in [3.63, 3.8) is 0 Å². The molecule has 0 aliphatic heterocycles. The Morgan fingerprint density at radius 3 is 1.58 bits per heavy atom. The maximum Gasteiger partial charge on any atom is 0.345 e. The van der Waals surface area contributed by atoms with Gasteiger partial charge >= 0.3 is 5.69 Å². The Labute approximate surface area is 124 Å². The van der Waals surface area contributed by atoms with E-state index in [1.807, 2.05) is 62.4 Å². The zero-order valence-corrected chi connectivity index (χ0v) is 13.3. The third-order valence-electron chi connectivity index (χ3n) is 2.61. The van der Waals surface area contributed by atoms with Crippen LogP contribution >= 0.6 is 17.9 Å². The maximum absolute atomic E-state index is 5.76. The lowest BCUT2D eigenvalue weighted by Crippen LogP contribution is -1.97. The molecule has 2 aromatic carbocycles. The molecule has 0 fully saturated rings. The minimum atomic E-state index is -2.66. The molecule has 100 valence electrons. The first-order chi connectivity index (χ1) is 8.98. The van der Waals surface area contributed by atoms with E-state index in [1.54, 1.807) is 0 Å². The van der Waals surface area contributed by atoms with Gasteiger partial charge in [0.25, 0.3) is 0 Å². The van der Waals surface area contributed by atoms with Gasteiger partial charge in [-0.25, -0.2) is 0 Å². The summed E-state index contributed by atoms with van der Waals surface area (Å²) in [7, 11) is 0. The minimum Gasteiger partial charge on any atom is -0.428 e. The van der Waals surface area contributed by atoms with E-state index in [4.69, 9.17) is 20.9 Å². The molecule has 0 aliphatic rings. The summed E-state index contributed by atoms with van der Waals surface area (Å²) >= 11 is 9.74. The minimum absolute atomic E-state index is 0.717. The highest BCUT2D eigenvalue weighted by Gasteiger charge is 2.18. The van der Waals surface area contributed by atoms with E-state index in [0.717, 1.165) is 22.6 Å². The van der Waals surface area contributed by atoms with Gasteiger partial charge in [-0.05, 0) is 48.9 Å². The molecule has 19 heavy (non-hydrogen) atoms. The number of aryl methyl sites for hydroxylation is 2. The molecule has 2 rings (SSSR count). The largest absolute Gasteiger partial charge is 0.428 e. The first-order valence-corrected chi connectivity index (χ1v) is 9.60. The topological polar surface area (TPSA) is 18.5 Å². The van der Waals surface area contributed by atoms with Gasteiger partial charge < -0.3 is 9.05 Å². The van der Waals surface area contributed by atoms with Gasteiger partial charge in [0.1, 0.15) is 11.5 Å². The SMILES string of the molecule is Cc1ccccc1OP(=S)(S)Oc1ccccc1C. The van der Waals surface area contributed by atoms with Crippen LogP contribution in [0.1, 0.15) is 11.1 Å². The van der Waals surface area contributed by atoms with Gasteiger partial charge in [-0.1, -0.05) is 48.6 Å². The summed E-state index contributed by atoms with van der Waals surface area (Å²) in [5.74, 6) is 1.43. The van der Waals surface area contributed by atoms with Crippen molar-refractivity contribution in [3.8, 4) is 11.5 Å². The second kappa shape index (κ2) is 6.00. The molecule has 0 N–H and O–H groups in total. The van der Waals surface area contributed by atoms with Crippen LogP contribution in [0.5, 0.6) is 11.5 Å². The average molecular weight is 310 g/mol. The van der Waals surface area contributed by atoms with Crippen LogP contribution < -0.4 is 9.05 Å². The second-order valence-corrected chi connectivity index (χ2v) is 9.32. The lowest BCUT2D eigenvalue weighted by Gasteiger charge is -2.20. The summed E-state index contributed by atoms with van der Waals surface area (Å²) in [6.07, 6.45) is 0. The van der Waals surface area contributed by atoms with E-state index >= 15 is 0 Å². The van der Waals surface area contributed by atoms with Crippen LogP contribution in [-0.4, -0.2) is 0 Å². The van der Waals surface area contributed by atoms with E-state index in [9.17, 15) is 0 Å². The van der Waals surface area contributed by atoms with Gasteiger partial charge in [0.2, 0.25) is 0 Å². The van der Waals surface area contributed by atoms with E-state index in [0.29, 0.717) is 0 Å². The fraction of sp³-hybridized carbons (Fsp3) is 0.143. The molecule has 0 bridgehead atoms. The van der Waals surface area contributed by atoms with Crippen molar-refractivity contribution < 1.29 is 9.05 Å². The standard InChI is InChI=1S/C14H15O2PS2/c1-11-7-3-5-9-13(11)15-17(18,19)16-14-10-6-4-8-12(14)2/h3-10H,1-2H3,(H,18,19). The number of hydrogen-bond donors (Lipinski definition) is 1. The van der Waals surface area contributed by atoms with E-state index < -0.39 is 5.69 Å². The van der Waals surface area contributed by atoms with E-state index in [2.05, 4.69) is 12.2 Å². The summed E-state index contributed by atoms with van der Waals surface area (Å²) in [6.45, 7) is 3.93. The Kier molecular flexibility index (Phi) is 4.56. The highest BCUT2D eigenvalue weighted by atomic mass is 32.9. The summed E-state index contributed by atoms with van der Waals surface area (Å²) in [5.41, 5.74) is -0.636. The molecule has 0 heterocycles. The summed E-state index contributed by atoms with van der Waals surface area (Å²) in [5, 5.41) is 0. The van der Waals surface area contributed by atoms with Crippen LogP contribution in [0, 0.1) is 13.8 Å².